The third-order valence-electron chi connectivity index (χ3n) is 1.72. The van der Waals surface area contributed by atoms with Crippen LogP contribution in [-0.4, -0.2) is 33.7 Å². The topological polar surface area (TPSA) is 86.6 Å². The van der Waals surface area contributed by atoms with Gasteiger partial charge in [-0.25, -0.2) is 4.79 Å². The third kappa shape index (κ3) is 2.20. The molecule has 1 amide bonds. The van der Waals surface area contributed by atoms with Crippen molar-refractivity contribution in [2.45, 2.75) is 32.4 Å². The first-order valence-corrected chi connectivity index (χ1v) is 3.51. The Bertz CT molecular complexity index is 202. The normalized spacial score (nSPS) is 17.7. The summed E-state index contributed by atoms with van der Waals surface area (Å²) < 4.78 is 0. The molecule has 0 aliphatic heterocycles. The van der Waals surface area contributed by atoms with Crippen molar-refractivity contribution in [2.24, 2.45) is 0 Å². The molecule has 0 aliphatic rings. The Kier molecular flexibility index (Phi) is 3.21. The summed E-state index contributed by atoms with van der Waals surface area (Å²) in [6.45, 7) is 3.76. The molecule has 0 saturated heterocycles. The molecule has 5 nitrogen and oxygen atoms in total. The quantitative estimate of drug-likeness (QED) is 0.531. The van der Waals surface area contributed by atoms with Crippen LogP contribution in [0, 0.1) is 0 Å². The molecule has 70 valence electrons. The molecule has 0 rings (SSSR count). The number of carboxylic acid groups (broad SMARTS) is 1. The lowest BCUT2D eigenvalue weighted by atomic mass is 9.96. The van der Waals surface area contributed by atoms with Crippen molar-refractivity contribution in [3.63, 3.8) is 0 Å². The van der Waals surface area contributed by atoms with Gasteiger partial charge in [0.05, 0.1) is 6.10 Å². The highest BCUT2D eigenvalue weighted by Crippen LogP contribution is 2.09. The number of carbonyl (C=O) groups is 2. The zero-order chi connectivity index (χ0) is 9.94. The minimum Gasteiger partial charge on any atom is -0.479 e. The van der Waals surface area contributed by atoms with Gasteiger partial charge in [-0.3, -0.25) is 4.79 Å². The standard InChI is InChI=1S/C7H13NO4/c1-4(9)7(3,6(11)12)8-5(2)10/h4,9H,1-3H3,(H,8,10)(H,11,12). The van der Waals surface area contributed by atoms with Crippen molar-refractivity contribution in [3.8, 4) is 0 Å². The smallest absolute Gasteiger partial charge is 0.331 e. The van der Waals surface area contributed by atoms with Gasteiger partial charge >= 0.3 is 5.97 Å². The number of hydrogen-bond acceptors (Lipinski definition) is 3. The first kappa shape index (κ1) is 10.9. The Morgan fingerprint density at radius 2 is 1.92 bits per heavy atom. The second-order valence-corrected chi connectivity index (χ2v) is 2.86. The zero-order valence-electron chi connectivity index (χ0n) is 7.29. The van der Waals surface area contributed by atoms with Crippen LogP contribution in [0.25, 0.3) is 0 Å². The molecule has 5 heteroatoms. The SMILES string of the molecule is CC(=O)NC(C)(C(=O)O)C(C)O. The van der Waals surface area contributed by atoms with E-state index in [-0.39, 0.29) is 0 Å². The Hall–Kier alpha value is -1.10. The molecule has 0 heterocycles. The average molecular weight is 175 g/mol. The molecule has 0 aromatic carbocycles. The van der Waals surface area contributed by atoms with E-state index in [1.807, 2.05) is 0 Å². The number of carbonyl (C=O) groups excluding carboxylic acids is 1. The Balaban J connectivity index is 4.62. The number of rotatable bonds is 3. The third-order valence-corrected chi connectivity index (χ3v) is 1.72. The van der Waals surface area contributed by atoms with Gasteiger partial charge in [0.1, 0.15) is 0 Å². The number of aliphatic hydroxyl groups excluding tert-OH is 1. The Morgan fingerprint density at radius 1 is 1.50 bits per heavy atom. The van der Waals surface area contributed by atoms with Crippen LogP contribution in [-0.2, 0) is 9.59 Å². The molecule has 0 spiro atoms. The highest BCUT2D eigenvalue weighted by atomic mass is 16.4. The first-order valence-electron chi connectivity index (χ1n) is 3.51. The molecule has 2 unspecified atom stereocenters. The van der Waals surface area contributed by atoms with Crippen LogP contribution in [0.1, 0.15) is 20.8 Å². The van der Waals surface area contributed by atoms with E-state index in [0.29, 0.717) is 0 Å². The summed E-state index contributed by atoms with van der Waals surface area (Å²) >= 11 is 0. The maximum absolute atomic E-state index is 10.6. The summed E-state index contributed by atoms with van der Waals surface area (Å²) in [6.07, 6.45) is -1.14. The summed E-state index contributed by atoms with van der Waals surface area (Å²) in [5.41, 5.74) is -1.61. The predicted octanol–water partition coefficient (Wildman–Crippen LogP) is -0.653. The van der Waals surface area contributed by atoms with Gasteiger partial charge in [0.15, 0.2) is 5.54 Å². The number of hydrogen-bond donors (Lipinski definition) is 3. The molecule has 0 aromatic heterocycles. The maximum atomic E-state index is 10.6. The Labute approximate surface area is 70.4 Å². The van der Waals surface area contributed by atoms with Gasteiger partial charge in [0, 0.05) is 6.92 Å². The van der Waals surface area contributed by atoms with Gasteiger partial charge in [0.2, 0.25) is 5.91 Å². The molecule has 0 radical (unpaired) electrons. The fourth-order valence-electron chi connectivity index (χ4n) is 0.702. The second-order valence-electron chi connectivity index (χ2n) is 2.86. The van der Waals surface area contributed by atoms with E-state index in [9.17, 15) is 9.59 Å². The van der Waals surface area contributed by atoms with Crippen LogP contribution >= 0.6 is 0 Å². The average Bonchev–Trinajstić information content (AvgIpc) is 1.84. The number of carboxylic acids is 1. The monoisotopic (exact) mass is 175 g/mol. The van der Waals surface area contributed by atoms with Crippen LogP contribution in [0.5, 0.6) is 0 Å². The maximum Gasteiger partial charge on any atom is 0.331 e. The lowest BCUT2D eigenvalue weighted by Crippen LogP contribution is -2.58. The number of aliphatic carboxylic acids is 1. The lowest BCUT2D eigenvalue weighted by molar-refractivity contribution is -0.151. The van der Waals surface area contributed by atoms with Crippen molar-refractivity contribution in [3.05, 3.63) is 0 Å². The second kappa shape index (κ2) is 3.53. The molecule has 0 saturated carbocycles. The minimum atomic E-state index is -1.61. The van der Waals surface area contributed by atoms with E-state index in [4.69, 9.17) is 10.2 Å². The molecule has 12 heavy (non-hydrogen) atoms. The van der Waals surface area contributed by atoms with E-state index >= 15 is 0 Å². The van der Waals surface area contributed by atoms with E-state index < -0.39 is 23.5 Å². The van der Waals surface area contributed by atoms with Crippen LogP contribution in [0.2, 0.25) is 0 Å². The van der Waals surface area contributed by atoms with Gasteiger partial charge in [-0.05, 0) is 13.8 Å². The van der Waals surface area contributed by atoms with Crippen LogP contribution < -0.4 is 5.32 Å². The number of aliphatic hydroxyl groups is 1. The fourth-order valence-corrected chi connectivity index (χ4v) is 0.702. The van der Waals surface area contributed by atoms with Crippen molar-refractivity contribution >= 4 is 11.9 Å². The van der Waals surface area contributed by atoms with Gasteiger partial charge < -0.3 is 15.5 Å². The summed E-state index contributed by atoms with van der Waals surface area (Å²) in [5.74, 6) is -1.74. The van der Waals surface area contributed by atoms with Crippen LogP contribution in [0.4, 0.5) is 0 Å². The Morgan fingerprint density at radius 3 is 2.00 bits per heavy atom. The molecular formula is C7H13NO4. The molecule has 2 atom stereocenters. The number of amides is 1. The van der Waals surface area contributed by atoms with Gasteiger partial charge in [0.25, 0.3) is 0 Å². The minimum absolute atomic E-state index is 0.485. The summed E-state index contributed by atoms with van der Waals surface area (Å²) in [4.78, 5) is 21.2. The lowest BCUT2D eigenvalue weighted by Gasteiger charge is -2.28. The van der Waals surface area contributed by atoms with Crippen molar-refractivity contribution in [1.29, 1.82) is 0 Å². The first-order chi connectivity index (χ1) is 5.30. The van der Waals surface area contributed by atoms with Crippen LogP contribution in [0.15, 0.2) is 0 Å². The van der Waals surface area contributed by atoms with E-state index in [1.54, 1.807) is 0 Å². The van der Waals surface area contributed by atoms with Gasteiger partial charge in [-0.15, -0.1) is 0 Å². The van der Waals surface area contributed by atoms with Crippen molar-refractivity contribution in [2.75, 3.05) is 0 Å². The summed E-state index contributed by atoms with van der Waals surface area (Å²) in [6, 6.07) is 0. The molecule has 0 aromatic rings. The zero-order valence-corrected chi connectivity index (χ0v) is 7.29. The molecule has 0 aliphatic carbocycles. The summed E-state index contributed by atoms with van der Waals surface area (Å²) in [7, 11) is 0. The fraction of sp³-hybridized carbons (Fsp3) is 0.714. The van der Waals surface area contributed by atoms with Gasteiger partial charge in [-0.2, -0.15) is 0 Å². The van der Waals surface area contributed by atoms with E-state index in [1.165, 1.54) is 20.8 Å². The highest BCUT2D eigenvalue weighted by molar-refractivity contribution is 5.86. The van der Waals surface area contributed by atoms with Crippen LogP contribution in [0.3, 0.4) is 0 Å². The number of nitrogens with one attached hydrogen (secondary N) is 1. The van der Waals surface area contributed by atoms with E-state index in [2.05, 4.69) is 5.32 Å². The largest absolute Gasteiger partial charge is 0.479 e. The summed E-state index contributed by atoms with van der Waals surface area (Å²) in [5, 5.41) is 19.9. The van der Waals surface area contributed by atoms with E-state index in [0.717, 1.165) is 0 Å². The van der Waals surface area contributed by atoms with Crippen molar-refractivity contribution in [1.82, 2.24) is 5.32 Å². The van der Waals surface area contributed by atoms with Gasteiger partial charge in [-0.1, -0.05) is 0 Å². The molecule has 0 fully saturated rings. The van der Waals surface area contributed by atoms with Crippen molar-refractivity contribution < 1.29 is 19.8 Å². The molecule has 3 N–H and O–H groups in total. The highest BCUT2D eigenvalue weighted by Gasteiger charge is 2.38. The molecule has 0 bridgehead atoms. The molecular weight excluding hydrogens is 162 g/mol. The predicted molar refractivity (Wildman–Crippen MR) is 41.5 cm³/mol.